The standard InChI is InChI=1S/C7H11NO2/c1-5-4-6(7(9)10)2-3-8-5/h6H,2-4H2,1H3,(H,9,10). The van der Waals surface area contributed by atoms with Gasteiger partial charge in [-0.2, -0.15) is 0 Å². The summed E-state index contributed by atoms with van der Waals surface area (Å²) in [6.07, 6.45) is 1.34. The highest BCUT2D eigenvalue weighted by Crippen LogP contribution is 2.14. The molecule has 0 radical (unpaired) electrons. The Morgan fingerprint density at radius 1 is 1.80 bits per heavy atom. The first-order chi connectivity index (χ1) is 4.70. The number of nitrogens with zero attached hydrogens (tertiary/aromatic N) is 1. The highest BCUT2D eigenvalue weighted by Gasteiger charge is 2.20. The molecule has 0 aromatic heterocycles. The highest BCUT2D eigenvalue weighted by molar-refractivity contribution is 5.87. The first-order valence-corrected chi connectivity index (χ1v) is 3.43. The maximum Gasteiger partial charge on any atom is 0.306 e. The molecule has 0 saturated carbocycles. The van der Waals surface area contributed by atoms with Crippen LogP contribution in [0.15, 0.2) is 4.99 Å². The molecule has 0 aromatic carbocycles. The maximum atomic E-state index is 10.4. The van der Waals surface area contributed by atoms with Gasteiger partial charge >= 0.3 is 5.97 Å². The van der Waals surface area contributed by atoms with Gasteiger partial charge in [0, 0.05) is 12.3 Å². The fraction of sp³-hybridized carbons (Fsp3) is 0.714. The Balaban J connectivity index is 2.53. The van der Waals surface area contributed by atoms with Crippen LogP contribution in [0.25, 0.3) is 0 Å². The van der Waals surface area contributed by atoms with E-state index in [2.05, 4.69) is 4.99 Å². The van der Waals surface area contributed by atoms with E-state index < -0.39 is 5.97 Å². The number of hydrogen-bond donors (Lipinski definition) is 1. The lowest BCUT2D eigenvalue weighted by atomic mass is 9.97. The summed E-state index contributed by atoms with van der Waals surface area (Å²) in [6, 6.07) is 0. The summed E-state index contributed by atoms with van der Waals surface area (Å²) in [5, 5.41) is 8.60. The summed E-state index contributed by atoms with van der Waals surface area (Å²) in [7, 11) is 0. The molecule has 0 aromatic rings. The predicted molar refractivity (Wildman–Crippen MR) is 38.3 cm³/mol. The van der Waals surface area contributed by atoms with Crippen molar-refractivity contribution in [2.75, 3.05) is 6.54 Å². The van der Waals surface area contributed by atoms with Gasteiger partial charge in [0.15, 0.2) is 0 Å². The van der Waals surface area contributed by atoms with Crippen molar-refractivity contribution in [1.29, 1.82) is 0 Å². The quantitative estimate of drug-likeness (QED) is 0.590. The van der Waals surface area contributed by atoms with Crippen LogP contribution < -0.4 is 0 Å². The molecule has 1 heterocycles. The lowest BCUT2D eigenvalue weighted by molar-refractivity contribution is -0.141. The number of carboxylic acids is 1. The van der Waals surface area contributed by atoms with Crippen molar-refractivity contribution in [1.82, 2.24) is 0 Å². The summed E-state index contributed by atoms with van der Waals surface area (Å²) in [4.78, 5) is 14.6. The Morgan fingerprint density at radius 2 is 2.50 bits per heavy atom. The van der Waals surface area contributed by atoms with Crippen LogP contribution in [0.5, 0.6) is 0 Å². The normalized spacial score (nSPS) is 25.7. The van der Waals surface area contributed by atoms with Gasteiger partial charge in [-0.1, -0.05) is 0 Å². The lowest BCUT2D eigenvalue weighted by Crippen LogP contribution is -2.21. The van der Waals surface area contributed by atoms with Crippen molar-refractivity contribution in [2.45, 2.75) is 19.8 Å². The Hall–Kier alpha value is -0.860. The van der Waals surface area contributed by atoms with Crippen molar-refractivity contribution in [3.63, 3.8) is 0 Å². The molecule has 1 aliphatic heterocycles. The van der Waals surface area contributed by atoms with E-state index in [1.807, 2.05) is 6.92 Å². The van der Waals surface area contributed by atoms with Crippen LogP contribution in [-0.2, 0) is 4.79 Å². The van der Waals surface area contributed by atoms with Crippen LogP contribution in [0.3, 0.4) is 0 Å². The number of aliphatic carboxylic acids is 1. The van der Waals surface area contributed by atoms with E-state index in [9.17, 15) is 4.79 Å². The van der Waals surface area contributed by atoms with Crippen LogP contribution in [0.1, 0.15) is 19.8 Å². The Labute approximate surface area is 59.8 Å². The van der Waals surface area contributed by atoms with Gasteiger partial charge < -0.3 is 5.11 Å². The van der Waals surface area contributed by atoms with E-state index in [0.29, 0.717) is 19.4 Å². The molecule has 10 heavy (non-hydrogen) atoms. The van der Waals surface area contributed by atoms with Crippen molar-refractivity contribution in [3.05, 3.63) is 0 Å². The molecule has 3 nitrogen and oxygen atoms in total. The molecule has 0 amide bonds. The van der Waals surface area contributed by atoms with Crippen LogP contribution >= 0.6 is 0 Å². The van der Waals surface area contributed by atoms with Gasteiger partial charge in [0.25, 0.3) is 0 Å². The average molecular weight is 141 g/mol. The molecular formula is C7H11NO2. The predicted octanol–water partition coefficient (Wildman–Crippen LogP) is 0.942. The number of aliphatic imine (C=N–C) groups is 1. The summed E-state index contributed by atoms with van der Waals surface area (Å²) < 4.78 is 0. The molecule has 1 atom stereocenters. The van der Waals surface area contributed by atoms with Crippen molar-refractivity contribution < 1.29 is 9.90 Å². The van der Waals surface area contributed by atoms with Crippen LogP contribution in [0.2, 0.25) is 0 Å². The molecule has 56 valence electrons. The second-order valence-corrected chi connectivity index (χ2v) is 2.64. The highest BCUT2D eigenvalue weighted by atomic mass is 16.4. The molecule has 0 aliphatic carbocycles. The Bertz CT molecular complexity index is 174. The Morgan fingerprint density at radius 3 is 2.90 bits per heavy atom. The minimum atomic E-state index is -0.686. The molecule has 3 heteroatoms. The van der Waals surface area contributed by atoms with E-state index in [0.717, 1.165) is 5.71 Å². The molecule has 1 aliphatic rings. The molecule has 0 fully saturated rings. The fourth-order valence-electron chi connectivity index (χ4n) is 1.15. The van der Waals surface area contributed by atoms with Gasteiger partial charge in [0.2, 0.25) is 0 Å². The van der Waals surface area contributed by atoms with Gasteiger partial charge in [-0.15, -0.1) is 0 Å². The van der Waals surface area contributed by atoms with Gasteiger partial charge in [-0.3, -0.25) is 9.79 Å². The molecule has 0 spiro atoms. The first kappa shape index (κ1) is 7.25. The zero-order valence-corrected chi connectivity index (χ0v) is 6.00. The minimum Gasteiger partial charge on any atom is -0.481 e. The summed E-state index contributed by atoms with van der Waals surface area (Å²) in [5.74, 6) is -0.869. The van der Waals surface area contributed by atoms with Gasteiger partial charge in [-0.25, -0.2) is 0 Å². The van der Waals surface area contributed by atoms with Gasteiger partial charge in [0.05, 0.1) is 5.92 Å². The first-order valence-electron chi connectivity index (χ1n) is 3.43. The minimum absolute atomic E-state index is 0.183. The van der Waals surface area contributed by atoms with Gasteiger partial charge in [-0.05, 0) is 19.8 Å². The van der Waals surface area contributed by atoms with Gasteiger partial charge in [0.1, 0.15) is 0 Å². The summed E-state index contributed by atoms with van der Waals surface area (Å²) >= 11 is 0. The van der Waals surface area contributed by atoms with Crippen LogP contribution in [0.4, 0.5) is 0 Å². The number of carbonyl (C=O) groups is 1. The zero-order valence-electron chi connectivity index (χ0n) is 6.00. The molecule has 1 rings (SSSR count). The molecule has 1 unspecified atom stereocenters. The topological polar surface area (TPSA) is 49.7 Å². The number of carboxylic acid groups (broad SMARTS) is 1. The largest absolute Gasteiger partial charge is 0.481 e. The second-order valence-electron chi connectivity index (χ2n) is 2.64. The van der Waals surface area contributed by atoms with Crippen molar-refractivity contribution >= 4 is 11.7 Å². The van der Waals surface area contributed by atoms with Crippen LogP contribution in [-0.4, -0.2) is 23.3 Å². The summed E-state index contributed by atoms with van der Waals surface area (Å²) in [5.41, 5.74) is 0.971. The van der Waals surface area contributed by atoms with Crippen LogP contribution in [0, 0.1) is 5.92 Å². The van der Waals surface area contributed by atoms with E-state index in [-0.39, 0.29) is 5.92 Å². The second kappa shape index (κ2) is 2.82. The lowest BCUT2D eigenvalue weighted by Gasteiger charge is -2.15. The number of hydrogen-bond acceptors (Lipinski definition) is 2. The number of rotatable bonds is 1. The smallest absolute Gasteiger partial charge is 0.306 e. The van der Waals surface area contributed by atoms with Crippen molar-refractivity contribution in [3.8, 4) is 0 Å². The van der Waals surface area contributed by atoms with Crippen molar-refractivity contribution in [2.24, 2.45) is 10.9 Å². The fourth-order valence-corrected chi connectivity index (χ4v) is 1.15. The Kier molecular flexibility index (Phi) is 2.04. The van der Waals surface area contributed by atoms with E-state index in [1.165, 1.54) is 0 Å². The molecule has 1 N–H and O–H groups in total. The van der Waals surface area contributed by atoms with E-state index in [1.54, 1.807) is 0 Å². The average Bonchev–Trinajstić information content (AvgIpc) is 1.88. The van der Waals surface area contributed by atoms with E-state index in [4.69, 9.17) is 5.11 Å². The molecule has 0 saturated heterocycles. The third kappa shape index (κ3) is 1.56. The third-order valence-corrected chi connectivity index (χ3v) is 1.75. The van der Waals surface area contributed by atoms with E-state index >= 15 is 0 Å². The molecule has 0 bridgehead atoms. The SMILES string of the molecule is CC1=NCCC(C(=O)O)C1. The monoisotopic (exact) mass is 141 g/mol. The summed E-state index contributed by atoms with van der Waals surface area (Å²) in [6.45, 7) is 2.57. The molecular weight excluding hydrogens is 130 g/mol. The zero-order chi connectivity index (χ0) is 7.56. The maximum absolute atomic E-state index is 10.4. The third-order valence-electron chi connectivity index (χ3n) is 1.75.